The molecule has 0 heterocycles. The number of nitrogens with one attached hydrogen (secondary N) is 2. The normalized spacial score (nSPS) is 12.6. The second kappa shape index (κ2) is 19.0. The number of benzene rings is 2. The Labute approximate surface area is 247 Å². The van der Waals surface area contributed by atoms with Gasteiger partial charge >= 0.3 is 26.2 Å². The maximum Gasteiger partial charge on any atom is 4.00 e. The number of hydrogen-bond acceptors (Lipinski definition) is 0. The Morgan fingerprint density at radius 2 is 0.811 bits per heavy atom. The topological polar surface area (TPSA) is 47.6 Å². The van der Waals surface area contributed by atoms with E-state index in [9.17, 15) is 0 Å². The van der Waals surface area contributed by atoms with Crippen LogP contribution in [0.2, 0.25) is 0 Å². The second-order valence-corrected chi connectivity index (χ2v) is 10.2. The van der Waals surface area contributed by atoms with Crippen molar-refractivity contribution in [3.8, 4) is 0 Å². The molecule has 0 bridgehead atoms. The predicted molar refractivity (Wildman–Crippen MR) is 160 cm³/mol. The second-order valence-electron chi connectivity index (χ2n) is 10.2. The van der Waals surface area contributed by atoms with E-state index in [1.165, 1.54) is 0 Å². The van der Waals surface area contributed by atoms with Crippen LogP contribution in [0.5, 0.6) is 0 Å². The SMILES string of the molecule is CC(C)c1cccc(C(C)C)c1[NH-].CC(C)c1cccc(C(C)C)c1[NH-].[C-]1=CC=CC1.[C-]1=CC=CC1.[Zr+4]. The van der Waals surface area contributed by atoms with Crippen LogP contribution in [-0.2, 0) is 26.2 Å². The Kier molecular flexibility index (Phi) is 17.9. The molecule has 4 rings (SSSR count). The van der Waals surface area contributed by atoms with E-state index in [2.05, 4.69) is 116 Å². The van der Waals surface area contributed by atoms with Gasteiger partial charge < -0.3 is 11.5 Å². The summed E-state index contributed by atoms with van der Waals surface area (Å²) in [6.07, 6.45) is 20.0. The molecule has 0 aromatic heterocycles. The van der Waals surface area contributed by atoms with Gasteiger partial charge in [-0.15, -0.1) is 24.2 Å². The maximum atomic E-state index is 8.01. The molecule has 0 radical (unpaired) electrons. The fraction of sp³-hybridized carbons (Fsp3) is 0.412. The van der Waals surface area contributed by atoms with E-state index in [-0.39, 0.29) is 26.2 Å². The minimum absolute atomic E-state index is 0. The Hall–Kier alpha value is -2.12. The molecular formula is C34H46N2Zr. The van der Waals surface area contributed by atoms with Crippen molar-refractivity contribution in [3.05, 3.63) is 119 Å². The monoisotopic (exact) mass is 572 g/mol. The minimum atomic E-state index is 0. The first-order valence-electron chi connectivity index (χ1n) is 13.2. The van der Waals surface area contributed by atoms with Gasteiger partial charge in [0, 0.05) is 0 Å². The first kappa shape index (κ1) is 34.9. The van der Waals surface area contributed by atoms with Crippen LogP contribution < -0.4 is 0 Å². The van der Waals surface area contributed by atoms with Gasteiger partial charge in [-0.25, -0.2) is 24.3 Å². The van der Waals surface area contributed by atoms with Gasteiger partial charge in [0.05, 0.1) is 0 Å². The van der Waals surface area contributed by atoms with E-state index in [4.69, 9.17) is 11.5 Å². The van der Waals surface area contributed by atoms with Gasteiger partial charge in [0.2, 0.25) is 0 Å². The fourth-order valence-corrected chi connectivity index (χ4v) is 3.78. The summed E-state index contributed by atoms with van der Waals surface area (Å²) in [5.41, 5.74) is 22.1. The van der Waals surface area contributed by atoms with Crippen LogP contribution in [0.3, 0.4) is 0 Å². The summed E-state index contributed by atoms with van der Waals surface area (Å²) >= 11 is 0. The van der Waals surface area contributed by atoms with Crippen molar-refractivity contribution < 1.29 is 26.2 Å². The molecule has 0 spiro atoms. The summed E-state index contributed by atoms with van der Waals surface area (Å²) < 4.78 is 0. The molecule has 0 aliphatic heterocycles. The van der Waals surface area contributed by atoms with Crippen molar-refractivity contribution in [1.82, 2.24) is 0 Å². The van der Waals surface area contributed by atoms with Gasteiger partial charge in [-0.05, 0) is 23.7 Å². The molecule has 0 unspecified atom stereocenters. The molecule has 2 aliphatic rings. The van der Waals surface area contributed by atoms with Crippen LogP contribution in [0.25, 0.3) is 11.5 Å². The average Bonchev–Trinajstić information content (AvgIpc) is 3.58. The standard InChI is InChI=1S/2C12H18N.2C5H5.Zr/c2*1-8(2)10-6-5-7-11(9(3)4)12(10)13;2*1-2-4-5-3-1;/h2*5-9,13H,1-4H3;2*1-3H,4H2;/q4*-1;+4. The van der Waals surface area contributed by atoms with Crippen LogP contribution >= 0.6 is 0 Å². The zero-order valence-electron chi connectivity index (χ0n) is 24.2. The average molecular weight is 574 g/mol. The molecule has 2 N–H and O–H groups in total. The molecule has 2 aromatic carbocycles. The van der Waals surface area contributed by atoms with Gasteiger partial charge in [0.15, 0.2) is 0 Å². The quantitative estimate of drug-likeness (QED) is 0.327. The number of hydrogen-bond donors (Lipinski definition) is 0. The zero-order chi connectivity index (χ0) is 27.1. The molecule has 196 valence electrons. The van der Waals surface area contributed by atoms with E-state index in [0.29, 0.717) is 23.7 Å². The van der Waals surface area contributed by atoms with Crippen LogP contribution in [0, 0.1) is 12.2 Å². The third-order valence-corrected chi connectivity index (χ3v) is 5.92. The van der Waals surface area contributed by atoms with Crippen molar-refractivity contribution in [1.29, 1.82) is 0 Å². The summed E-state index contributed by atoms with van der Waals surface area (Å²) in [6.45, 7) is 17.1. The van der Waals surface area contributed by atoms with Crippen LogP contribution in [0.1, 0.15) is 114 Å². The predicted octanol–water partition coefficient (Wildman–Crippen LogP) is 11.8. The molecule has 0 amide bonds. The van der Waals surface area contributed by atoms with Crippen LogP contribution in [0.15, 0.2) is 72.9 Å². The smallest absolute Gasteiger partial charge is 0.698 e. The molecule has 37 heavy (non-hydrogen) atoms. The van der Waals surface area contributed by atoms with E-state index >= 15 is 0 Å². The number of allylic oxidation sites excluding steroid dienone is 8. The molecule has 0 atom stereocenters. The largest absolute Gasteiger partial charge is 4.00 e. The molecule has 2 aliphatic carbocycles. The van der Waals surface area contributed by atoms with Crippen LogP contribution in [-0.4, -0.2) is 0 Å². The van der Waals surface area contributed by atoms with Gasteiger partial charge in [0.1, 0.15) is 0 Å². The molecule has 3 heteroatoms. The van der Waals surface area contributed by atoms with E-state index in [1.807, 2.05) is 24.3 Å². The summed E-state index contributed by atoms with van der Waals surface area (Å²) in [4.78, 5) is 0. The Bertz CT molecular complexity index is 868. The van der Waals surface area contributed by atoms with Gasteiger partial charge in [-0.3, -0.25) is 12.2 Å². The van der Waals surface area contributed by atoms with Gasteiger partial charge in [-0.2, -0.15) is 12.2 Å². The van der Waals surface area contributed by atoms with E-state index in [1.54, 1.807) is 0 Å². The van der Waals surface area contributed by atoms with Crippen LogP contribution in [0.4, 0.5) is 11.4 Å². The van der Waals surface area contributed by atoms with Gasteiger partial charge in [0.25, 0.3) is 0 Å². The summed E-state index contributed by atoms with van der Waals surface area (Å²) in [6, 6.07) is 12.3. The third kappa shape index (κ3) is 12.8. The van der Waals surface area contributed by atoms with Crippen molar-refractivity contribution in [2.75, 3.05) is 0 Å². The third-order valence-electron chi connectivity index (χ3n) is 5.92. The fourth-order valence-electron chi connectivity index (χ4n) is 3.78. The van der Waals surface area contributed by atoms with Crippen molar-refractivity contribution in [2.45, 2.75) is 91.9 Å². The molecule has 2 nitrogen and oxygen atoms in total. The Balaban J connectivity index is 0.000000502. The summed E-state index contributed by atoms with van der Waals surface area (Å²) in [5.74, 6) is 1.80. The van der Waals surface area contributed by atoms with Crippen molar-refractivity contribution >= 4 is 11.4 Å². The van der Waals surface area contributed by atoms with Crippen molar-refractivity contribution in [3.63, 3.8) is 0 Å². The zero-order valence-corrected chi connectivity index (χ0v) is 26.6. The molecular weight excluding hydrogens is 528 g/mol. The molecule has 0 fully saturated rings. The molecule has 2 aromatic rings. The number of rotatable bonds is 4. The molecule has 0 saturated heterocycles. The summed E-state index contributed by atoms with van der Waals surface area (Å²) in [7, 11) is 0. The first-order valence-corrected chi connectivity index (χ1v) is 13.2. The summed E-state index contributed by atoms with van der Waals surface area (Å²) in [5, 5.41) is 0. The Morgan fingerprint density at radius 3 is 0.946 bits per heavy atom. The Morgan fingerprint density at radius 1 is 0.541 bits per heavy atom. The molecule has 0 saturated carbocycles. The van der Waals surface area contributed by atoms with E-state index < -0.39 is 0 Å². The first-order chi connectivity index (χ1) is 17.1. The van der Waals surface area contributed by atoms with Crippen molar-refractivity contribution in [2.24, 2.45) is 0 Å². The van der Waals surface area contributed by atoms with E-state index in [0.717, 1.165) is 46.5 Å². The minimum Gasteiger partial charge on any atom is -0.698 e. The maximum absolute atomic E-state index is 8.01. The van der Waals surface area contributed by atoms with Gasteiger partial charge in [-0.1, -0.05) is 114 Å².